The number of allylic oxidation sites excluding steroid dienone is 7. The highest BCUT2D eigenvalue weighted by Crippen LogP contribution is 2.53. The molecule has 1 aliphatic heterocycles. The topological polar surface area (TPSA) is 138 Å². The third-order valence-electron chi connectivity index (χ3n) is 8.65. The number of phenolic OH excluding ortho intramolecular Hbond substituents is 1. The standard InChI is InChI=1S/C33H27NO8/c1-16-12-26(36)24-15-23-20(21(28(24)30(16)37)8-6-17-7-11-25(35)27(13-17)42-2)9-10-22-29(23)32(39)34(31(22)38)19-5-3-4-18(14-19)33(40)41/h3-9,11-14,21-23,29,35H,10,15H2,1-2H3,(H,40,41). The van der Waals surface area contributed by atoms with Gasteiger partial charge < -0.3 is 14.9 Å². The number of hydrogen-bond donors (Lipinski definition) is 2. The molecule has 212 valence electrons. The van der Waals surface area contributed by atoms with Crippen molar-refractivity contribution in [1.29, 1.82) is 0 Å². The van der Waals surface area contributed by atoms with Gasteiger partial charge in [-0.2, -0.15) is 0 Å². The number of ketones is 2. The summed E-state index contributed by atoms with van der Waals surface area (Å²) in [5, 5.41) is 19.4. The highest BCUT2D eigenvalue weighted by Gasteiger charge is 2.56. The van der Waals surface area contributed by atoms with Crippen LogP contribution in [0.3, 0.4) is 0 Å². The first-order chi connectivity index (χ1) is 20.1. The SMILES string of the molecule is COc1cc(C=CC2C3=CCC4C(=O)N(c5cccc(C(=O)O)c5)C(=O)C4C3CC3=C2C(=O)C(C)=CC3=O)ccc1O. The number of nitrogens with zero attached hydrogens (tertiary/aromatic N) is 1. The van der Waals surface area contributed by atoms with Crippen LogP contribution in [0.2, 0.25) is 0 Å². The minimum Gasteiger partial charge on any atom is -0.504 e. The van der Waals surface area contributed by atoms with Crippen LogP contribution in [0.5, 0.6) is 11.5 Å². The molecule has 0 spiro atoms. The van der Waals surface area contributed by atoms with Crippen LogP contribution in [0.25, 0.3) is 6.08 Å². The van der Waals surface area contributed by atoms with Crippen molar-refractivity contribution >= 4 is 41.1 Å². The number of methoxy groups -OCH3 is 1. The lowest BCUT2D eigenvalue weighted by Crippen LogP contribution is -2.40. The molecule has 2 aromatic carbocycles. The molecule has 2 amide bonds. The van der Waals surface area contributed by atoms with Crippen LogP contribution >= 0.6 is 0 Å². The smallest absolute Gasteiger partial charge is 0.335 e. The second-order valence-corrected chi connectivity index (χ2v) is 10.9. The Hall–Kier alpha value is -5.05. The third-order valence-corrected chi connectivity index (χ3v) is 8.65. The number of carbonyl (C=O) groups excluding carboxylic acids is 4. The zero-order valence-corrected chi connectivity index (χ0v) is 22.9. The van der Waals surface area contributed by atoms with Gasteiger partial charge in [0.15, 0.2) is 23.1 Å². The van der Waals surface area contributed by atoms with Crippen LogP contribution in [0.1, 0.15) is 35.7 Å². The minimum atomic E-state index is -1.17. The van der Waals surface area contributed by atoms with E-state index < -0.39 is 41.5 Å². The molecular formula is C33H27NO8. The summed E-state index contributed by atoms with van der Waals surface area (Å²) >= 11 is 0. The minimum absolute atomic E-state index is 0.0184. The molecule has 0 saturated carbocycles. The fraction of sp³-hybridized carbons (Fsp3) is 0.242. The summed E-state index contributed by atoms with van der Waals surface area (Å²) in [4.78, 5) is 66.8. The van der Waals surface area contributed by atoms with E-state index in [1.54, 1.807) is 25.1 Å². The number of carboxylic acids is 1. The van der Waals surface area contributed by atoms with Gasteiger partial charge in [0.05, 0.1) is 30.2 Å². The Morgan fingerprint density at radius 2 is 1.83 bits per heavy atom. The summed E-state index contributed by atoms with van der Waals surface area (Å²) in [6, 6.07) is 10.5. The number of Topliss-reactive ketones (excluding diaryl/α,β-unsaturated/α-hetero) is 1. The van der Waals surface area contributed by atoms with Gasteiger partial charge in [-0.3, -0.25) is 24.1 Å². The van der Waals surface area contributed by atoms with Crippen molar-refractivity contribution in [2.45, 2.75) is 19.8 Å². The average Bonchev–Trinajstić information content (AvgIpc) is 3.24. The zero-order valence-electron chi connectivity index (χ0n) is 22.9. The number of carbonyl (C=O) groups is 5. The van der Waals surface area contributed by atoms with E-state index in [-0.39, 0.29) is 47.2 Å². The number of benzene rings is 2. The number of anilines is 1. The highest BCUT2D eigenvalue weighted by atomic mass is 16.5. The molecule has 3 aliphatic carbocycles. The van der Waals surface area contributed by atoms with Crippen molar-refractivity contribution in [3.8, 4) is 11.5 Å². The van der Waals surface area contributed by atoms with Crippen LogP contribution in [0.4, 0.5) is 5.69 Å². The molecule has 0 bridgehead atoms. The van der Waals surface area contributed by atoms with Gasteiger partial charge >= 0.3 is 5.97 Å². The second-order valence-electron chi connectivity index (χ2n) is 10.9. The predicted molar refractivity (Wildman–Crippen MR) is 152 cm³/mol. The third kappa shape index (κ3) is 4.20. The lowest BCUT2D eigenvalue weighted by Gasteiger charge is -2.41. The van der Waals surface area contributed by atoms with Gasteiger partial charge in [-0.1, -0.05) is 35.9 Å². The second kappa shape index (κ2) is 10.1. The zero-order chi connectivity index (χ0) is 29.9. The summed E-state index contributed by atoms with van der Waals surface area (Å²) < 4.78 is 5.21. The van der Waals surface area contributed by atoms with Gasteiger partial charge in [0.2, 0.25) is 11.8 Å². The van der Waals surface area contributed by atoms with Gasteiger partial charge in [0, 0.05) is 22.6 Å². The van der Waals surface area contributed by atoms with E-state index in [1.807, 2.05) is 12.2 Å². The maximum absolute atomic E-state index is 13.9. The number of fused-ring (bicyclic) bond motifs is 3. The normalized spacial score (nSPS) is 25.2. The van der Waals surface area contributed by atoms with E-state index in [4.69, 9.17) is 4.74 Å². The number of aromatic carboxylic acids is 1. The van der Waals surface area contributed by atoms with Crippen LogP contribution in [-0.2, 0) is 19.2 Å². The fourth-order valence-electron chi connectivity index (χ4n) is 6.68. The molecule has 9 heteroatoms. The van der Waals surface area contributed by atoms with E-state index in [9.17, 15) is 34.2 Å². The van der Waals surface area contributed by atoms with E-state index >= 15 is 0 Å². The molecule has 1 heterocycles. The lowest BCUT2D eigenvalue weighted by molar-refractivity contribution is -0.123. The molecule has 0 radical (unpaired) electrons. The molecular weight excluding hydrogens is 538 g/mol. The Morgan fingerprint density at radius 3 is 2.57 bits per heavy atom. The molecule has 9 nitrogen and oxygen atoms in total. The molecule has 4 unspecified atom stereocenters. The molecule has 6 rings (SSSR count). The molecule has 0 aromatic heterocycles. The molecule has 1 saturated heterocycles. The maximum Gasteiger partial charge on any atom is 0.335 e. The number of ether oxygens (including phenoxy) is 1. The summed E-state index contributed by atoms with van der Waals surface area (Å²) in [7, 11) is 1.44. The molecule has 2 aromatic rings. The summed E-state index contributed by atoms with van der Waals surface area (Å²) in [5.41, 5.74) is 2.71. The van der Waals surface area contributed by atoms with Gasteiger partial charge in [-0.15, -0.1) is 0 Å². The quantitative estimate of drug-likeness (QED) is 0.311. The molecule has 4 aliphatic rings. The van der Waals surface area contributed by atoms with Gasteiger partial charge in [0.1, 0.15) is 0 Å². The maximum atomic E-state index is 13.9. The van der Waals surface area contributed by atoms with Gasteiger partial charge in [-0.25, -0.2) is 4.79 Å². The summed E-state index contributed by atoms with van der Waals surface area (Å²) in [6.45, 7) is 1.61. The van der Waals surface area contributed by atoms with Crippen LogP contribution in [0, 0.1) is 23.7 Å². The Balaban J connectivity index is 1.42. The summed E-state index contributed by atoms with van der Waals surface area (Å²) in [5.74, 6) is -4.81. The number of hydrogen-bond acceptors (Lipinski definition) is 7. The largest absolute Gasteiger partial charge is 0.504 e. The van der Waals surface area contributed by atoms with Crippen LogP contribution < -0.4 is 9.64 Å². The van der Waals surface area contributed by atoms with Crippen molar-refractivity contribution < 1.29 is 38.9 Å². The molecule has 42 heavy (non-hydrogen) atoms. The van der Waals surface area contributed by atoms with Crippen LogP contribution in [-0.4, -0.2) is 46.7 Å². The first-order valence-electron chi connectivity index (χ1n) is 13.6. The van der Waals surface area contributed by atoms with Gasteiger partial charge in [-0.05, 0) is 67.7 Å². The Morgan fingerprint density at radius 1 is 1.05 bits per heavy atom. The first-order valence-corrected chi connectivity index (χ1v) is 13.6. The summed E-state index contributed by atoms with van der Waals surface area (Å²) in [6.07, 6.45) is 7.26. The monoisotopic (exact) mass is 565 g/mol. The predicted octanol–water partition coefficient (Wildman–Crippen LogP) is 4.28. The number of phenols is 1. The van der Waals surface area contributed by atoms with Crippen molar-refractivity contribution in [2.24, 2.45) is 23.7 Å². The van der Waals surface area contributed by atoms with Crippen LogP contribution in [0.15, 0.2) is 83.0 Å². The average molecular weight is 566 g/mol. The van der Waals surface area contributed by atoms with Crippen molar-refractivity contribution in [1.82, 2.24) is 0 Å². The Labute approximate surface area is 241 Å². The number of imide groups is 1. The van der Waals surface area contributed by atoms with Crippen molar-refractivity contribution in [2.75, 3.05) is 12.0 Å². The van der Waals surface area contributed by atoms with Crippen molar-refractivity contribution in [3.05, 3.63) is 94.1 Å². The molecule has 1 fully saturated rings. The number of amides is 2. The number of aromatic hydroxyl groups is 1. The van der Waals surface area contributed by atoms with Crippen molar-refractivity contribution in [3.63, 3.8) is 0 Å². The molecule has 4 atom stereocenters. The Bertz CT molecular complexity index is 1720. The fourth-order valence-corrected chi connectivity index (χ4v) is 6.68. The highest BCUT2D eigenvalue weighted by molar-refractivity contribution is 6.25. The number of rotatable bonds is 5. The molecule has 2 N–H and O–H groups in total. The van der Waals surface area contributed by atoms with E-state index in [1.165, 1.54) is 43.5 Å². The van der Waals surface area contributed by atoms with E-state index in [0.717, 1.165) is 10.5 Å². The first kappa shape index (κ1) is 27.1. The lowest BCUT2D eigenvalue weighted by atomic mass is 9.60. The van der Waals surface area contributed by atoms with E-state index in [0.29, 0.717) is 22.3 Å². The van der Waals surface area contributed by atoms with E-state index in [2.05, 4.69) is 0 Å². The van der Waals surface area contributed by atoms with Gasteiger partial charge in [0.25, 0.3) is 0 Å². The Kier molecular flexibility index (Phi) is 6.52. The number of carboxylic acid groups (broad SMARTS) is 1.